The molecule has 0 atom stereocenters. The average Bonchev–Trinajstić information content (AvgIpc) is 2.72. The van der Waals surface area contributed by atoms with Gasteiger partial charge in [0.05, 0.1) is 12.4 Å². The summed E-state index contributed by atoms with van der Waals surface area (Å²) in [6.07, 6.45) is 7.65. The van der Waals surface area contributed by atoms with Crippen molar-refractivity contribution in [2.24, 2.45) is 0 Å². The smallest absolute Gasteiger partial charge is 0.0948 e. The fourth-order valence-electron chi connectivity index (χ4n) is 2.07. The van der Waals surface area contributed by atoms with Crippen LogP contribution in [0.5, 0.6) is 0 Å². The molecule has 0 spiro atoms. The molecule has 0 saturated carbocycles. The number of nitrogens with one attached hydrogen (secondary N) is 1. The number of nitrogens with zero attached hydrogens (tertiary/aromatic N) is 2. The molecule has 1 aromatic rings. The number of ether oxygens (including phenoxy) is 1. The number of hydrogen-bond acceptors (Lipinski definition) is 3. The van der Waals surface area contributed by atoms with E-state index in [0.29, 0.717) is 6.10 Å². The molecule has 1 fully saturated rings. The van der Waals surface area contributed by atoms with E-state index in [0.717, 1.165) is 45.5 Å². The summed E-state index contributed by atoms with van der Waals surface area (Å²) in [6, 6.07) is 0. The summed E-state index contributed by atoms with van der Waals surface area (Å²) in [5.74, 6) is 0. The first-order valence-electron chi connectivity index (χ1n) is 6.15. The monoisotopic (exact) mass is 223 g/mol. The van der Waals surface area contributed by atoms with Gasteiger partial charge in [0.1, 0.15) is 0 Å². The van der Waals surface area contributed by atoms with Gasteiger partial charge in [-0.05, 0) is 39.3 Å². The van der Waals surface area contributed by atoms with Crippen LogP contribution in [0.4, 0.5) is 0 Å². The number of piperidine rings is 1. The van der Waals surface area contributed by atoms with E-state index in [-0.39, 0.29) is 0 Å². The molecular weight excluding hydrogens is 202 g/mol. The zero-order chi connectivity index (χ0) is 11.2. The summed E-state index contributed by atoms with van der Waals surface area (Å²) >= 11 is 0. The molecule has 0 bridgehead atoms. The molecule has 0 aliphatic carbocycles. The van der Waals surface area contributed by atoms with Crippen LogP contribution < -0.4 is 5.32 Å². The van der Waals surface area contributed by atoms with E-state index in [1.54, 1.807) is 0 Å². The average molecular weight is 223 g/mol. The van der Waals surface area contributed by atoms with E-state index in [2.05, 4.69) is 21.8 Å². The first kappa shape index (κ1) is 11.6. The van der Waals surface area contributed by atoms with Gasteiger partial charge in [0.15, 0.2) is 0 Å². The predicted octanol–water partition coefficient (Wildman–Crippen LogP) is 1.35. The Kier molecular flexibility index (Phi) is 4.36. The van der Waals surface area contributed by atoms with Crippen LogP contribution >= 0.6 is 0 Å². The van der Waals surface area contributed by atoms with Crippen molar-refractivity contribution in [2.75, 3.05) is 19.7 Å². The van der Waals surface area contributed by atoms with Crippen molar-refractivity contribution in [3.63, 3.8) is 0 Å². The van der Waals surface area contributed by atoms with Crippen LogP contribution in [0.3, 0.4) is 0 Å². The molecule has 1 aromatic heterocycles. The van der Waals surface area contributed by atoms with Gasteiger partial charge in [0, 0.05) is 25.0 Å². The van der Waals surface area contributed by atoms with Gasteiger partial charge in [0.25, 0.3) is 0 Å². The van der Waals surface area contributed by atoms with Crippen LogP contribution in [0.1, 0.15) is 25.0 Å². The fourth-order valence-corrected chi connectivity index (χ4v) is 2.07. The first-order valence-corrected chi connectivity index (χ1v) is 6.15. The standard InChI is InChI=1S/C12H21N3O/c1-11-9-14-10-15(11)7-2-8-16-12-3-5-13-6-4-12/h9-10,12-13H,2-8H2,1H3. The molecule has 1 saturated heterocycles. The van der Waals surface area contributed by atoms with Crippen molar-refractivity contribution >= 4 is 0 Å². The molecule has 16 heavy (non-hydrogen) atoms. The Bertz CT molecular complexity index is 305. The Labute approximate surface area is 97.0 Å². The van der Waals surface area contributed by atoms with Crippen molar-refractivity contribution in [3.05, 3.63) is 18.2 Å². The maximum absolute atomic E-state index is 5.85. The topological polar surface area (TPSA) is 39.1 Å². The van der Waals surface area contributed by atoms with Crippen LogP contribution in [0.2, 0.25) is 0 Å². The molecule has 2 heterocycles. The maximum Gasteiger partial charge on any atom is 0.0948 e. The molecule has 1 aliphatic rings. The van der Waals surface area contributed by atoms with Gasteiger partial charge in [0.2, 0.25) is 0 Å². The molecule has 2 rings (SSSR count). The summed E-state index contributed by atoms with van der Waals surface area (Å²) in [7, 11) is 0. The summed E-state index contributed by atoms with van der Waals surface area (Å²) in [5, 5.41) is 3.34. The second-order valence-corrected chi connectivity index (χ2v) is 4.40. The van der Waals surface area contributed by atoms with Crippen molar-refractivity contribution in [3.8, 4) is 0 Å². The van der Waals surface area contributed by atoms with E-state index >= 15 is 0 Å². The van der Waals surface area contributed by atoms with Crippen molar-refractivity contribution < 1.29 is 4.74 Å². The molecule has 0 radical (unpaired) electrons. The van der Waals surface area contributed by atoms with Gasteiger partial charge >= 0.3 is 0 Å². The molecule has 0 unspecified atom stereocenters. The third-order valence-electron chi connectivity index (χ3n) is 3.10. The summed E-state index contributed by atoms with van der Waals surface area (Å²) in [6.45, 7) is 6.16. The summed E-state index contributed by atoms with van der Waals surface area (Å²) in [4.78, 5) is 4.10. The minimum Gasteiger partial charge on any atom is -0.378 e. The quantitative estimate of drug-likeness (QED) is 0.766. The molecule has 0 amide bonds. The lowest BCUT2D eigenvalue weighted by molar-refractivity contribution is 0.0301. The molecule has 0 aromatic carbocycles. The SMILES string of the molecule is Cc1cncn1CCCOC1CCNCC1. The molecule has 1 N–H and O–H groups in total. The van der Waals surface area contributed by atoms with Crippen molar-refractivity contribution in [2.45, 2.75) is 38.8 Å². The number of aryl methyl sites for hydroxylation is 2. The third kappa shape index (κ3) is 3.32. The Morgan fingerprint density at radius 1 is 1.50 bits per heavy atom. The third-order valence-corrected chi connectivity index (χ3v) is 3.10. The second kappa shape index (κ2) is 6.01. The minimum atomic E-state index is 0.477. The molecule has 1 aliphatic heterocycles. The van der Waals surface area contributed by atoms with Gasteiger partial charge in [-0.2, -0.15) is 0 Å². The molecule has 4 nitrogen and oxygen atoms in total. The van der Waals surface area contributed by atoms with Crippen molar-refractivity contribution in [1.82, 2.24) is 14.9 Å². The van der Waals surface area contributed by atoms with E-state index in [1.165, 1.54) is 5.69 Å². The summed E-state index contributed by atoms with van der Waals surface area (Å²) in [5.41, 5.74) is 1.22. The Hall–Kier alpha value is -0.870. The first-order chi connectivity index (χ1) is 7.86. The molecule has 90 valence electrons. The van der Waals surface area contributed by atoms with Crippen LogP contribution in [-0.4, -0.2) is 35.4 Å². The molecule has 4 heteroatoms. The Morgan fingerprint density at radius 2 is 2.31 bits per heavy atom. The highest BCUT2D eigenvalue weighted by Crippen LogP contribution is 2.08. The summed E-state index contributed by atoms with van der Waals surface area (Å²) < 4.78 is 8.02. The van der Waals surface area contributed by atoms with Crippen LogP contribution in [0, 0.1) is 6.92 Å². The number of aromatic nitrogens is 2. The van der Waals surface area contributed by atoms with Gasteiger partial charge in [-0.3, -0.25) is 0 Å². The Balaban J connectivity index is 1.59. The van der Waals surface area contributed by atoms with E-state index in [1.807, 2.05) is 12.5 Å². The lowest BCUT2D eigenvalue weighted by Crippen LogP contribution is -2.32. The highest BCUT2D eigenvalue weighted by atomic mass is 16.5. The fraction of sp³-hybridized carbons (Fsp3) is 0.750. The number of rotatable bonds is 5. The van der Waals surface area contributed by atoms with Crippen LogP contribution in [-0.2, 0) is 11.3 Å². The van der Waals surface area contributed by atoms with E-state index < -0.39 is 0 Å². The van der Waals surface area contributed by atoms with Gasteiger partial charge in [-0.1, -0.05) is 0 Å². The van der Waals surface area contributed by atoms with Crippen LogP contribution in [0.25, 0.3) is 0 Å². The highest BCUT2D eigenvalue weighted by molar-refractivity contribution is 4.93. The predicted molar refractivity (Wildman–Crippen MR) is 63.4 cm³/mol. The van der Waals surface area contributed by atoms with Gasteiger partial charge < -0.3 is 14.6 Å². The number of imidazole rings is 1. The zero-order valence-electron chi connectivity index (χ0n) is 9.98. The van der Waals surface area contributed by atoms with Crippen LogP contribution in [0.15, 0.2) is 12.5 Å². The zero-order valence-corrected chi connectivity index (χ0v) is 9.98. The maximum atomic E-state index is 5.85. The lowest BCUT2D eigenvalue weighted by atomic mass is 10.1. The Morgan fingerprint density at radius 3 is 3.00 bits per heavy atom. The highest BCUT2D eigenvalue weighted by Gasteiger charge is 2.12. The normalized spacial score (nSPS) is 17.8. The van der Waals surface area contributed by atoms with Gasteiger partial charge in [-0.25, -0.2) is 4.98 Å². The largest absolute Gasteiger partial charge is 0.378 e. The molecular formula is C12H21N3O. The lowest BCUT2D eigenvalue weighted by Gasteiger charge is -2.22. The van der Waals surface area contributed by atoms with Crippen molar-refractivity contribution in [1.29, 1.82) is 0 Å². The number of hydrogen-bond donors (Lipinski definition) is 1. The van der Waals surface area contributed by atoms with Gasteiger partial charge in [-0.15, -0.1) is 0 Å². The minimum absolute atomic E-state index is 0.477. The van der Waals surface area contributed by atoms with E-state index in [4.69, 9.17) is 4.74 Å². The second-order valence-electron chi connectivity index (χ2n) is 4.40. The van der Waals surface area contributed by atoms with E-state index in [9.17, 15) is 0 Å².